The van der Waals surface area contributed by atoms with Crippen LogP contribution in [0.3, 0.4) is 0 Å². The van der Waals surface area contributed by atoms with Crippen molar-refractivity contribution >= 4 is 47.2 Å². The third kappa shape index (κ3) is 7.33. The number of hydrogen-bond donors (Lipinski definition) is 3. The van der Waals surface area contributed by atoms with E-state index in [2.05, 4.69) is 20.6 Å². The highest BCUT2D eigenvalue weighted by Crippen LogP contribution is 2.29. The minimum Gasteiger partial charge on any atom is -0.366 e. The molecule has 1 amide bonds. The maximum atomic E-state index is 12.5. The predicted octanol–water partition coefficient (Wildman–Crippen LogP) is 2.79. The van der Waals surface area contributed by atoms with Gasteiger partial charge in [0.1, 0.15) is 0 Å². The van der Waals surface area contributed by atoms with E-state index in [0.717, 1.165) is 22.3 Å². The molecular weight excluding hydrogens is 494 g/mol. The van der Waals surface area contributed by atoms with Crippen molar-refractivity contribution < 1.29 is 18.0 Å². The van der Waals surface area contributed by atoms with Crippen molar-refractivity contribution in [3.8, 4) is 0 Å². The SMILES string of the molecule is CN=C(NCCc1nc(C(F)(F)F)cs1)NCc1ccc(C(N)=O)cc1.I. The van der Waals surface area contributed by atoms with Crippen LogP contribution in [0.5, 0.6) is 0 Å². The number of nitrogens with two attached hydrogens (primary N) is 1. The van der Waals surface area contributed by atoms with E-state index in [-0.39, 0.29) is 24.0 Å². The summed E-state index contributed by atoms with van der Waals surface area (Å²) in [5, 5.41) is 7.51. The molecule has 2 rings (SSSR count). The first kappa shape index (κ1) is 23.1. The Morgan fingerprint density at radius 1 is 1.26 bits per heavy atom. The predicted molar refractivity (Wildman–Crippen MR) is 109 cm³/mol. The first-order valence-corrected chi connectivity index (χ1v) is 8.52. The lowest BCUT2D eigenvalue weighted by Gasteiger charge is -2.11. The molecule has 1 aromatic heterocycles. The molecule has 6 nitrogen and oxygen atoms in total. The van der Waals surface area contributed by atoms with Gasteiger partial charge in [0, 0.05) is 37.5 Å². The van der Waals surface area contributed by atoms with E-state index in [0.29, 0.717) is 36.0 Å². The van der Waals surface area contributed by atoms with Gasteiger partial charge in [0.15, 0.2) is 11.7 Å². The van der Waals surface area contributed by atoms with Gasteiger partial charge in [-0.1, -0.05) is 12.1 Å². The number of halogens is 4. The summed E-state index contributed by atoms with van der Waals surface area (Å²) in [6.07, 6.45) is -4.06. The molecule has 148 valence electrons. The summed E-state index contributed by atoms with van der Waals surface area (Å²) in [5.41, 5.74) is 5.68. The Morgan fingerprint density at radius 3 is 2.44 bits per heavy atom. The number of nitrogens with zero attached hydrogens (tertiary/aromatic N) is 2. The van der Waals surface area contributed by atoms with Crippen molar-refractivity contribution in [3.63, 3.8) is 0 Å². The van der Waals surface area contributed by atoms with Gasteiger partial charge in [-0.3, -0.25) is 9.79 Å². The number of primary amides is 1. The van der Waals surface area contributed by atoms with Crippen molar-refractivity contribution in [1.82, 2.24) is 15.6 Å². The van der Waals surface area contributed by atoms with Crippen molar-refractivity contribution in [2.75, 3.05) is 13.6 Å². The second-order valence-corrected chi connectivity index (χ2v) is 6.23. The van der Waals surface area contributed by atoms with Crippen molar-refractivity contribution in [2.45, 2.75) is 19.1 Å². The Morgan fingerprint density at radius 2 is 1.93 bits per heavy atom. The van der Waals surface area contributed by atoms with Gasteiger partial charge in [0.2, 0.25) is 5.91 Å². The number of carbonyl (C=O) groups excluding carboxylic acids is 1. The molecule has 0 atom stereocenters. The summed E-state index contributed by atoms with van der Waals surface area (Å²) in [6, 6.07) is 6.82. The van der Waals surface area contributed by atoms with Gasteiger partial charge in [0.25, 0.3) is 0 Å². The molecule has 4 N–H and O–H groups in total. The third-order valence-electron chi connectivity index (χ3n) is 3.40. The van der Waals surface area contributed by atoms with Crippen LogP contribution in [0.25, 0.3) is 0 Å². The monoisotopic (exact) mass is 513 g/mol. The number of benzene rings is 1. The number of alkyl halides is 3. The van der Waals surface area contributed by atoms with Crippen LogP contribution >= 0.6 is 35.3 Å². The largest absolute Gasteiger partial charge is 0.434 e. The quantitative estimate of drug-likeness (QED) is 0.315. The fraction of sp³-hybridized carbons (Fsp3) is 0.312. The smallest absolute Gasteiger partial charge is 0.366 e. The highest BCUT2D eigenvalue weighted by atomic mass is 127. The van der Waals surface area contributed by atoms with Crippen LogP contribution in [0.4, 0.5) is 13.2 Å². The standard InChI is InChI=1S/C16H18F3N5OS.HI/c1-21-15(23-8-10-2-4-11(5-3-10)14(20)25)22-7-6-13-24-12(9-26-13)16(17,18)19;/h2-5,9H,6-8H2,1H3,(H2,20,25)(H2,21,22,23);1H. The van der Waals surface area contributed by atoms with Crippen LogP contribution < -0.4 is 16.4 Å². The normalized spacial score (nSPS) is 11.6. The zero-order valence-electron chi connectivity index (χ0n) is 14.3. The number of thiazole rings is 1. The molecule has 2 aromatic rings. The Balaban J connectivity index is 0.00000364. The molecule has 0 aliphatic heterocycles. The molecule has 1 aromatic carbocycles. The molecular formula is C16H19F3IN5OS. The van der Waals surface area contributed by atoms with Gasteiger partial charge >= 0.3 is 6.18 Å². The Labute approximate surface area is 175 Å². The summed E-state index contributed by atoms with van der Waals surface area (Å²) >= 11 is 0.980. The molecule has 0 saturated carbocycles. The second kappa shape index (κ2) is 10.4. The summed E-state index contributed by atoms with van der Waals surface area (Å²) < 4.78 is 37.5. The molecule has 1 heterocycles. The number of aromatic nitrogens is 1. The van der Waals surface area contributed by atoms with E-state index >= 15 is 0 Å². The lowest BCUT2D eigenvalue weighted by atomic mass is 10.1. The minimum absolute atomic E-state index is 0. The van der Waals surface area contributed by atoms with Gasteiger partial charge in [-0.15, -0.1) is 35.3 Å². The Kier molecular flexibility index (Phi) is 8.96. The second-order valence-electron chi connectivity index (χ2n) is 5.29. The molecule has 0 bridgehead atoms. The number of guanidine groups is 1. The van der Waals surface area contributed by atoms with E-state index in [1.807, 2.05) is 0 Å². The number of carbonyl (C=O) groups is 1. The molecule has 0 aliphatic rings. The van der Waals surface area contributed by atoms with E-state index in [1.54, 1.807) is 31.3 Å². The summed E-state index contributed by atoms with van der Waals surface area (Å²) in [4.78, 5) is 18.7. The van der Waals surface area contributed by atoms with Gasteiger partial charge < -0.3 is 16.4 Å². The fourth-order valence-electron chi connectivity index (χ4n) is 2.04. The van der Waals surface area contributed by atoms with Crippen molar-refractivity contribution in [3.05, 3.63) is 51.5 Å². The van der Waals surface area contributed by atoms with Crippen LogP contribution in [-0.2, 0) is 19.1 Å². The number of aliphatic imine (C=N–C) groups is 1. The molecule has 0 radical (unpaired) electrons. The summed E-state index contributed by atoms with van der Waals surface area (Å²) in [7, 11) is 1.59. The average Bonchev–Trinajstić information content (AvgIpc) is 3.07. The lowest BCUT2D eigenvalue weighted by Crippen LogP contribution is -2.37. The Bertz CT molecular complexity index is 777. The number of nitrogens with one attached hydrogen (secondary N) is 2. The molecule has 0 spiro atoms. The third-order valence-corrected chi connectivity index (χ3v) is 4.30. The molecule has 0 fully saturated rings. The van der Waals surface area contributed by atoms with Gasteiger partial charge in [-0.2, -0.15) is 13.2 Å². The maximum Gasteiger partial charge on any atom is 0.434 e. The zero-order chi connectivity index (χ0) is 19.2. The average molecular weight is 513 g/mol. The number of hydrogen-bond acceptors (Lipinski definition) is 4. The van der Waals surface area contributed by atoms with Crippen LogP contribution in [0.2, 0.25) is 0 Å². The first-order valence-electron chi connectivity index (χ1n) is 7.64. The van der Waals surface area contributed by atoms with E-state index < -0.39 is 17.8 Å². The number of amides is 1. The maximum absolute atomic E-state index is 12.5. The van der Waals surface area contributed by atoms with E-state index in [4.69, 9.17) is 5.73 Å². The first-order chi connectivity index (χ1) is 12.3. The van der Waals surface area contributed by atoms with Crippen molar-refractivity contribution in [1.29, 1.82) is 0 Å². The fourth-order valence-corrected chi connectivity index (χ4v) is 2.84. The lowest BCUT2D eigenvalue weighted by molar-refractivity contribution is -0.140. The van der Waals surface area contributed by atoms with E-state index in [9.17, 15) is 18.0 Å². The summed E-state index contributed by atoms with van der Waals surface area (Å²) in [5.74, 6) is 0.0226. The van der Waals surface area contributed by atoms with Crippen LogP contribution in [0, 0.1) is 0 Å². The van der Waals surface area contributed by atoms with Crippen molar-refractivity contribution in [2.24, 2.45) is 10.7 Å². The van der Waals surface area contributed by atoms with Gasteiger partial charge in [-0.05, 0) is 17.7 Å². The van der Waals surface area contributed by atoms with Crippen LogP contribution in [0.15, 0.2) is 34.6 Å². The van der Waals surface area contributed by atoms with Gasteiger partial charge in [-0.25, -0.2) is 4.98 Å². The molecule has 0 aliphatic carbocycles. The van der Waals surface area contributed by atoms with Gasteiger partial charge in [0.05, 0.1) is 5.01 Å². The molecule has 0 unspecified atom stereocenters. The molecule has 27 heavy (non-hydrogen) atoms. The van der Waals surface area contributed by atoms with E-state index in [1.165, 1.54) is 0 Å². The molecule has 11 heteroatoms. The summed E-state index contributed by atoms with van der Waals surface area (Å²) in [6.45, 7) is 0.860. The molecule has 0 saturated heterocycles. The topological polar surface area (TPSA) is 92.4 Å². The van der Waals surface area contributed by atoms with Crippen LogP contribution in [-0.4, -0.2) is 30.4 Å². The Hall–Kier alpha value is -1.89. The van der Waals surface area contributed by atoms with Crippen LogP contribution in [0.1, 0.15) is 26.6 Å². The zero-order valence-corrected chi connectivity index (χ0v) is 17.5. The minimum atomic E-state index is -4.41. The highest BCUT2D eigenvalue weighted by molar-refractivity contribution is 14.0. The number of rotatable bonds is 6. The highest BCUT2D eigenvalue weighted by Gasteiger charge is 2.33.